The molecule has 1 saturated heterocycles. The second kappa shape index (κ2) is 8.41. The minimum absolute atomic E-state index is 0.0256. The Hall–Kier alpha value is -4.00. The molecule has 0 aliphatic carbocycles. The highest BCUT2D eigenvalue weighted by Crippen LogP contribution is 2.30. The second-order valence-electron chi connectivity index (χ2n) is 8.70. The standard InChI is InChI=1S/C27H24F2N4O/c28-27(29)12-13-32(17-27)26(34)24-14-21-10-11-22(25(30)31)15-23(21)33(24)16-18-6-8-20(9-7-18)19-4-2-1-3-5-19/h1-11,14-15H,12-13,16-17H2,(H3,30,31). The first kappa shape index (κ1) is 21.8. The van der Waals surface area contributed by atoms with E-state index in [0.29, 0.717) is 17.8 Å². The molecule has 0 atom stereocenters. The van der Waals surface area contributed by atoms with E-state index in [2.05, 4.69) is 0 Å². The van der Waals surface area contributed by atoms with Gasteiger partial charge in [-0.3, -0.25) is 10.2 Å². The Morgan fingerprint density at radius 1 is 0.971 bits per heavy atom. The van der Waals surface area contributed by atoms with Gasteiger partial charge in [0.2, 0.25) is 0 Å². The number of hydrogen-bond donors (Lipinski definition) is 2. The summed E-state index contributed by atoms with van der Waals surface area (Å²) in [6.45, 7) is -0.166. The minimum atomic E-state index is -2.86. The number of hydrogen-bond acceptors (Lipinski definition) is 2. The molecule has 3 N–H and O–H groups in total. The predicted molar refractivity (Wildman–Crippen MR) is 129 cm³/mol. The largest absolute Gasteiger partial charge is 0.384 e. The van der Waals surface area contributed by atoms with E-state index in [1.54, 1.807) is 24.3 Å². The van der Waals surface area contributed by atoms with Crippen molar-refractivity contribution in [1.29, 1.82) is 5.41 Å². The van der Waals surface area contributed by atoms with Gasteiger partial charge in [-0.05, 0) is 28.8 Å². The summed E-state index contributed by atoms with van der Waals surface area (Å²) in [5, 5.41) is 8.58. The highest BCUT2D eigenvalue weighted by atomic mass is 19.3. The first-order valence-electron chi connectivity index (χ1n) is 11.1. The van der Waals surface area contributed by atoms with Gasteiger partial charge >= 0.3 is 0 Å². The third-order valence-corrected chi connectivity index (χ3v) is 6.29. The number of nitrogens with zero attached hydrogens (tertiary/aromatic N) is 2. The van der Waals surface area contributed by atoms with Crippen molar-refractivity contribution in [1.82, 2.24) is 9.47 Å². The van der Waals surface area contributed by atoms with Gasteiger partial charge in [0.25, 0.3) is 11.8 Å². The SMILES string of the molecule is N=C(N)c1ccc2cc(C(=O)N3CCC(F)(F)C3)n(Cc3ccc(-c4ccccc4)cc3)c2c1. The molecular weight excluding hydrogens is 434 g/mol. The number of alkyl halides is 2. The van der Waals surface area contributed by atoms with Crippen LogP contribution in [0.5, 0.6) is 0 Å². The molecule has 1 aliphatic rings. The van der Waals surface area contributed by atoms with Crippen molar-refractivity contribution >= 4 is 22.6 Å². The van der Waals surface area contributed by atoms with E-state index in [-0.39, 0.29) is 18.8 Å². The molecule has 2 heterocycles. The Morgan fingerprint density at radius 3 is 2.32 bits per heavy atom. The number of nitrogens with two attached hydrogens (primary N) is 1. The molecule has 5 nitrogen and oxygen atoms in total. The quantitative estimate of drug-likeness (QED) is 0.322. The van der Waals surface area contributed by atoms with Crippen LogP contribution in [0.25, 0.3) is 22.0 Å². The lowest BCUT2D eigenvalue weighted by Crippen LogP contribution is -2.32. The average molecular weight is 459 g/mol. The van der Waals surface area contributed by atoms with Gasteiger partial charge in [0.15, 0.2) is 0 Å². The number of carbonyl (C=O) groups is 1. The van der Waals surface area contributed by atoms with Crippen molar-refractivity contribution in [3.05, 3.63) is 95.7 Å². The van der Waals surface area contributed by atoms with E-state index >= 15 is 0 Å². The summed E-state index contributed by atoms with van der Waals surface area (Å²) >= 11 is 0. The van der Waals surface area contributed by atoms with Crippen LogP contribution in [0.2, 0.25) is 0 Å². The molecule has 1 aromatic heterocycles. The van der Waals surface area contributed by atoms with Crippen molar-refractivity contribution in [2.75, 3.05) is 13.1 Å². The Kier molecular flexibility index (Phi) is 5.40. The van der Waals surface area contributed by atoms with Crippen molar-refractivity contribution in [2.45, 2.75) is 18.9 Å². The lowest BCUT2D eigenvalue weighted by molar-refractivity contribution is 0.0119. The maximum absolute atomic E-state index is 13.8. The maximum Gasteiger partial charge on any atom is 0.270 e. The molecule has 0 radical (unpaired) electrons. The number of carbonyl (C=O) groups excluding carboxylic acids is 1. The minimum Gasteiger partial charge on any atom is -0.384 e. The van der Waals surface area contributed by atoms with E-state index in [1.165, 1.54) is 4.90 Å². The van der Waals surface area contributed by atoms with Crippen molar-refractivity contribution < 1.29 is 13.6 Å². The van der Waals surface area contributed by atoms with Crippen LogP contribution in [0.15, 0.2) is 78.9 Å². The van der Waals surface area contributed by atoms with Crippen molar-refractivity contribution in [3.63, 3.8) is 0 Å². The van der Waals surface area contributed by atoms with Gasteiger partial charge in [-0.1, -0.05) is 66.7 Å². The molecule has 1 amide bonds. The summed E-state index contributed by atoms with van der Waals surface area (Å²) in [4.78, 5) is 14.5. The summed E-state index contributed by atoms with van der Waals surface area (Å²) in [5.74, 6) is -3.35. The zero-order chi connectivity index (χ0) is 23.9. The normalized spacial score (nSPS) is 15.1. The van der Waals surface area contributed by atoms with Gasteiger partial charge in [-0.15, -0.1) is 0 Å². The monoisotopic (exact) mass is 458 g/mol. The number of amides is 1. The molecule has 0 bridgehead atoms. The Morgan fingerprint density at radius 2 is 1.68 bits per heavy atom. The molecule has 1 aliphatic heterocycles. The number of nitrogen functional groups attached to an aromatic ring is 1. The summed E-state index contributed by atoms with van der Waals surface area (Å²) in [6.07, 6.45) is -0.325. The molecule has 172 valence electrons. The van der Waals surface area contributed by atoms with Crippen molar-refractivity contribution in [3.8, 4) is 11.1 Å². The number of likely N-dealkylation sites (tertiary alicyclic amines) is 1. The summed E-state index contributed by atoms with van der Waals surface area (Å²) in [5.41, 5.74) is 10.5. The first-order valence-corrected chi connectivity index (χ1v) is 11.1. The van der Waals surface area contributed by atoms with E-state index in [9.17, 15) is 13.6 Å². The van der Waals surface area contributed by atoms with Gasteiger partial charge in [0.1, 0.15) is 11.5 Å². The molecule has 0 spiro atoms. The van der Waals surface area contributed by atoms with E-state index in [1.807, 2.05) is 59.2 Å². The van der Waals surface area contributed by atoms with Gasteiger partial charge in [0.05, 0.1) is 6.54 Å². The molecule has 3 aromatic carbocycles. The van der Waals surface area contributed by atoms with Crippen LogP contribution in [0, 0.1) is 5.41 Å². The van der Waals surface area contributed by atoms with Crippen LogP contribution in [-0.2, 0) is 6.54 Å². The fraction of sp³-hybridized carbons (Fsp3) is 0.185. The van der Waals surface area contributed by atoms with Gasteiger partial charge < -0.3 is 15.2 Å². The van der Waals surface area contributed by atoms with E-state index in [4.69, 9.17) is 11.1 Å². The van der Waals surface area contributed by atoms with Crippen LogP contribution in [0.4, 0.5) is 8.78 Å². The van der Waals surface area contributed by atoms with Gasteiger partial charge in [-0.2, -0.15) is 0 Å². The smallest absolute Gasteiger partial charge is 0.270 e. The number of amidine groups is 1. The number of nitrogens with one attached hydrogen (secondary N) is 1. The third kappa shape index (κ3) is 4.17. The zero-order valence-electron chi connectivity index (χ0n) is 18.5. The highest BCUT2D eigenvalue weighted by Gasteiger charge is 2.41. The molecule has 5 rings (SSSR count). The van der Waals surface area contributed by atoms with Crippen molar-refractivity contribution in [2.24, 2.45) is 5.73 Å². The van der Waals surface area contributed by atoms with Crippen LogP contribution in [0.3, 0.4) is 0 Å². The Balaban J connectivity index is 1.54. The third-order valence-electron chi connectivity index (χ3n) is 6.29. The molecular formula is C27H24F2N4O. The van der Waals surface area contributed by atoms with Crippen LogP contribution < -0.4 is 5.73 Å². The first-order chi connectivity index (χ1) is 16.3. The number of halogens is 2. The number of fused-ring (bicyclic) bond motifs is 1. The molecule has 4 aromatic rings. The lowest BCUT2D eigenvalue weighted by Gasteiger charge is -2.18. The average Bonchev–Trinajstić information content (AvgIpc) is 3.39. The lowest BCUT2D eigenvalue weighted by atomic mass is 10.0. The van der Waals surface area contributed by atoms with Gasteiger partial charge in [0, 0.05) is 36.0 Å². The number of rotatable bonds is 5. The molecule has 0 unspecified atom stereocenters. The summed E-state index contributed by atoms with van der Waals surface area (Å²) in [7, 11) is 0. The number of benzene rings is 3. The zero-order valence-corrected chi connectivity index (χ0v) is 18.5. The number of aromatic nitrogens is 1. The molecule has 0 saturated carbocycles. The molecule has 1 fully saturated rings. The molecule has 34 heavy (non-hydrogen) atoms. The fourth-order valence-electron chi connectivity index (χ4n) is 4.46. The maximum atomic E-state index is 13.8. The second-order valence-corrected chi connectivity index (χ2v) is 8.70. The summed E-state index contributed by atoms with van der Waals surface area (Å²) < 4.78 is 29.4. The topological polar surface area (TPSA) is 75.1 Å². The highest BCUT2D eigenvalue weighted by molar-refractivity contribution is 6.02. The Bertz CT molecular complexity index is 1380. The van der Waals surface area contributed by atoms with Crippen LogP contribution >= 0.6 is 0 Å². The predicted octanol–water partition coefficient (Wildman–Crippen LogP) is 5.12. The summed E-state index contributed by atoms with van der Waals surface area (Å²) in [6, 6.07) is 25.1. The van der Waals surface area contributed by atoms with E-state index < -0.39 is 18.4 Å². The fourth-order valence-corrected chi connectivity index (χ4v) is 4.46. The van der Waals surface area contributed by atoms with Crippen LogP contribution in [-0.4, -0.2) is 40.2 Å². The van der Waals surface area contributed by atoms with Crippen LogP contribution in [0.1, 0.15) is 28.0 Å². The molecule has 7 heteroatoms. The van der Waals surface area contributed by atoms with E-state index in [0.717, 1.165) is 27.6 Å². The Labute approximate surface area is 195 Å². The van der Waals surface area contributed by atoms with Gasteiger partial charge in [-0.25, -0.2) is 8.78 Å².